The van der Waals surface area contributed by atoms with Crippen molar-refractivity contribution in [3.63, 3.8) is 0 Å². The van der Waals surface area contributed by atoms with Gasteiger partial charge in [0.2, 0.25) is 5.91 Å². The minimum atomic E-state index is -0.601. The highest BCUT2D eigenvalue weighted by Crippen LogP contribution is 2.11. The molecule has 1 aromatic heterocycles. The van der Waals surface area contributed by atoms with E-state index in [9.17, 15) is 9.90 Å². The third kappa shape index (κ3) is 14.4. The Hall–Kier alpha value is -1.66. The van der Waals surface area contributed by atoms with Gasteiger partial charge < -0.3 is 20.7 Å². The van der Waals surface area contributed by atoms with Gasteiger partial charge in [-0.1, -0.05) is 76.9 Å². The smallest absolute Gasteiger partial charge is 0.239 e. The maximum atomic E-state index is 12.6. The van der Waals surface area contributed by atoms with Crippen molar-refractivity contribution < 1.29 is 9.90 Å². The Kier molecular flexibility index (Phi) is 17.7. The lowest BCUT2D eigenvalue weighted by atomic mass is 10.1. The lowest BCUT2D eigenvalue weighted by Crippen LogP contribution is -2.46. The molecule has 6 heteroatoms. The highest BCUT2D eigenvalue weighted by Gasteiger charge is 2.21. The molecule has 0 saturated heterocycles. The number of amides is 1. The molecule has 0 aromatic carbocycles. The molecule has 0 aliphatic heterocycles. The van der Waals surface area contributed by atoms with Crippen molar-refractivity contribution in [2.75, 3.05) is 19.7 Å². The summed E-state index contributed by atoms with van der Waals surface area (Å²) in [4.78, 5) is 21.2. The third-order valence-corrected chi connectivity index (χ3v) is 5.93. The van der Waals surface area contributed by atoms with Gasteiger partial charge in [0, 0.05) is 31.4 Å². The number of rotatable bonds is 21. The van der Waals surface area contributed by atoms with Gasteiger partial charge in [0.1, 0.15) is 0 Å². The van der Waals surface area contributed by atoms with Gasteiger partial charge >= 0.3 is 0 Å². The molecular weight excluding hydrogens is 400 g/mol. The van der Waals surface area contributed by atoms with Crippen LogP contribution in [0.15, 0.2) is 24.7 Å². The van der Waals surface area contributed by atoms with E-state index in [0.717, 1.165) is 18.5 Å². The second-order valence-corrected chi connectivity index (χ2v) is 8.87. The Labute approximate surface area is 196 Å². The average molecular weight is 449 g/mol. The first kappa shape index (κ1) is 28.4. The van der Waals surface area contributed by atoms with Crippen molar-refractivity contribution in [1.29, 1.82) is 0 Å². The summed E-state index contributed by atoms with van der Waals surface area (Å²) in [6.45, 7) is 3.24. The molecule has 4 N–H and O–H groups in total. The molecule has 1 rings (SSSR count). The van der Waals surface area contributed by atoms with Gasteiger partial charge in [0.15, 0.2) is 0 Å². The number of hydrogen-bond donors (Lipinski definition) is 3. The van der Waals surface area contributed by atoms with Crippen LogP contribution in [0.3, 0.4) is 0 Å². The van der Waals surface area contributed by atoms with Crippen molar-refractivity contribution in [3.8, 4) is 0 Å². The second kappa shape index (κ2) is 20.0. The summed E-state index contributed by atoms with van der Waals surface area (Å²) in [6, 6.07) is -0.601. The zero-order valence-electron chi connectivity index (χ0n) is 20.4. The summed E-state index contributed by atoms with van der Waals surface area (Å²) in [5.41, 5.74) is 6.93. The third-order valence-electron chi connectivity index (χ3n) is 5.93. The average Bonchev–Trinajstić information content (AvgIpc) is 3.30. The van der Waals surface area contributed by atoms with Gasteiger partial charge in [0.05, 0.1) is 19.0 Å². The maximum absolute atomic E-state index is 12.6. The standard InChI is InChI=1S/C26H48N4O2/c1-2-3-4-5-6-7-8-9-10-11-12-13-14-15-16-17-18-30(19-20-31)26(32)25(27)21-24-22-28-23-29-24/h9-10,22-23,25,31H,2-8,11-21,27H2,1H3,(H,28,29)/b10-9-/t25-/m0/s1. The number of H-pyrrole nitrogens is 1. The maximum Gasteiger partial charge on any atom is 0.239 e. The zero-order valence-corrected chi connectivity index (χ0v) is 20.4. The van der Waals surface area contributed by atoms with Crippen LogP contribution in [0.2, 0.25) is 0 Å². The molecule has 1 atom stereocenters. The molecule has 0 aliphatic rings. The van der Waals surface area contributed by atoms with E-state index in [1.165, 1.54) is 77.0 Å². The molecule has 0 aliphatic carbocycles. The summed E-state index contributed by atoms with van der Waals surface area (Å²) >= 11 is 0. The molecule has 0 fully saturated rings. The van der Waals surface area contributed by atoms with Crippen molar-refractivity contribution in [1.82, 2.24) is 14.9 Å². The number of aliphatic hydroxyl groups is 1. The number of nitrogens with zero attached hydrogens (tertiary/aromatic N) is 2. The van der Waals surface area contributed by atoms with E-state index in [-0.39, 0.29) is 12.5 Å². The molecule has 0 radical (unpaired) electrons. The Morgan fingerprint density at radius 1 is 1.00 bits per heavy atom. The summed E-state index contributed by atoms with van der Waals surface area (Å²) in [5.74, 6) is -0.0959. The Bertz CT molecular complexity index is 574. The van der Waals surface area contributed by atoms with E-state index in [0.29, 0.717) is 19.5 Å². The normalized spacial score (nSPS) is 12.5. The highest BCUT2D eigenvalue weighted by atomic mass is 16.3. The number of carbonyl (C=O) groups excluding carboxylic acids is 1. The van der Waals surface area contributed by atoms with E-state index < -0.39 is 6.04 Å². The monoisotopic (exact) mass is 448 g/mol. The van der Waals surface area contributed by atoms with E-state index in [1.54, 1.807) is 17.4 Å². The predicted octanol–water partition coefficient (Wildman–Crippen LogP) is 5.14. The summed E-state index contributed by atoms with van der Waals surface area (Å²) < 4.78 is 0. The van der Waals surface area contributed by atoms with Crippen molar-refractivity contribution >= 4 is 5.91 Å². The number of allylic oxidation sites excluding steroid dienone is 2. The molecule has 0 saturated carbocycles. The predicted molar refractivity (Wildman–Crippen MR) is 133 cm³/mol. The van der Waals surface area contributed by atoms with Gasteiger partial charge in [-0.25, -0.2) is 4.98 Å². The van der Waals surface area contributed by atoms with Crippen LogP contribution in [-0.2, 0) is 11.2 Å². The fraction of sp³-hybridized carbons (Fsp3) is 0.769. The molecule has 0 unspecified atom stereocenters. The van der Waals surface area contributed by atoms with Crippen LogP contribution in [0.4, 0.5) is 0 Å². The number of imidazole rings is 1. The topological polar surface area (TPSA) is 95.2 Å². The fourth-order valence-corrected chi connectivity index (χ4v) is 3.96. The van der Waals surface area contributed by atoms with Crippen LogP contribution in [0, 0.1) is 0 Å². The minimum Gasteiger partial charge on any atom is -0.395 e. The fourth-order valence-electron chi connectivity index (χ4n) is 3.96. The largest absolute Gasteiger partial charge is 0.395 e. The molecule has 1 heterocycles. The SMILES string of the molecule is CCCCCCCC/C=C\CCCCCCCCN(CCO)C(=O)[C@@H](N)Cc1cnc[nH]1. The van der Waals surface area contributed by atoms with Crippen LogP contribution in [0.5, 0.6) is 0 Å². The number of hydrogen-bond acceptors (Lipinski definition) is 4. The molecule has 6 nitrogen and oxygen atoms in total. The molecule has 32 heavy (non-hydrogen) atoms. The number of aromatic nitrogens is 2. The highest BCUT2D eigenvalue weighted by molar-refractivity contribution is 5.81. The lowest BCUT2D eigenvalue weighted by Gasteiger charge is -2.25. The van der Waals surface area contributed by atoms with Crippen LogP contribution in [0.1, 0.15) is 103 Å². The Morgan fingerprint density at radius 3 is 2.16 bits per heavy atom. The van der Waals surface area contributed by atoms with E-state index in [2.05, 4.69) is 29.0 Å². The first-order chi connectivity index (χ1) is 15.7. The number of carbonyl (C=O) groups is 1. The van der Waals surface area contributed by atoms with E-state index in [1.807, 2.05) is 0 Å². The molecule has 1 aromatic rings. The Morgan fingerprint density at radius 2 is 1.59 bits per heavy atom. The number of aromatic amines is 1. The van der Waals surface area contributed by atoms with Crippen LogP contribution < -0.4 is 5.73 Å². The molecule has 1 amide bonds. The van der Waals surface area contributed by atoms with Gasteiger partial charge in [0.25, 0.3) is 0 Å². The van der Waals surface area contributed by atoms with E-state index >= 15 is 0 Å². The van der Waals surface area contributed by atoms with Crippen LogP contribution in [0.25, 0.3) is 0 Å². The van der Waals surface area contributed by atoms with E-state index in [4.69, 9.17) is 5.73 Å². The first-order valence-electron chi connectivity index (χ1n) is 13.0. The number of nitrogens with two attached hydrogens (primary N) is 1. The van der Waals surface area contributed by atoms with Gasteiger partial charge in [-0.15, -0.1) is 0 Å². The van der Waals surface area contributed by atoms with Crippen molar-refractivity contribution in [3.05, 3.63) is 30.4 Å². The lowest BCUT2D eigenvalue weighted by molar-refractivity contribution is -0.133. The number of aliphatic hydroxyl groups excluding tert-OH is 1. The number of unbranched alkanes of at least 4 members (excludes halogenated alkanes) is 12. The van der Waals surface area contributed by atoms with Gasteiger partial charge in [-0.3, -0.25) is 4.79 Å². The summed E-state index contributed by atoms with van der Waals surface area (Å²) in [6.07, 6.45) is 26.1. The number of nitrogens with one attached hydrogen (secondary N) is 1. The Balaban J connectivity index is 2.01. The van der Waals surface area contributed by atoms with Gasteiger partial charge in [-0.05, 0) is 32.1 Å². The van der Waals surface area contributed by atoms with Crippen molar-refractivity contribution in [2.24, 2.45) is 5.73 Å². The first-order valence-corrected chi connectivity index (χ1v) is 13.0. The molecule has 0 spiro atoms. The minimum absolute atomic E-state index is 0.0328. The van der Waals surface area contributed by atoms with Crippen LogP contribution in [-0.4, -0.2) is 51.6 Å². The van der Waals surface area contributed by atoms with Gasteiger partial charge in [-0.2, -0.15) is 0 Å². The van der Waals surface area contributed by atoms with Crippen molar-refractivity contribution in [2.45, 2.75) is 109 Å². The zero-order chi connectivity index (χ0) is 23.3. The molecular formula is C26H48N4O2. The quantitative estimate of drug-likeness (QED) is 0.179. The summed E-state index contributed by atoms with van der Waals surface area (Å²) in [7, 11) is 0. The molecule has 0 bridgehead atoms. The summed E-state index contributed by atoms with van der Waals surface area (Å²) in [5, 5.41) is 9.30. The van der Waals surface area contributed by atoms with Crippen LogP contribution >= 0.6 is 0 Å². The second-order valence-electron chi connectivity index (χ2n) is 8.87. The molecule has 184 valence electrons.